The van der Waals surface area contributed by atoms with Gasteiger partial charge in [0, 0.05) is 45.5 Å². The lowest BCUT2D eigenvalue weighted by Gasteiger charge is -2.36. The van der Waals surface area contributed by atoms with Crippen LogP contribution in [0.4, 0.5) is 5.82 Å². The van der Waals surface area contributed by atoms with Crippen molar-refractivity contribution in [1.82, 2.24) is 9.88 Å². The van der Waals surface area contributed by atoms with E-state index >= 15 is 0 Å². The van der Waals surface area contributed by atoms with E-state index in [1.165, 1.54) is 12.1 Å². The molecule has 4 heteroatoms. The molecule has 0 saturated carbocycles. The topological polar surface area (TPSA) is 45.4 Å². The van der Waals surface area contributed by atoms with E-state index in [0.29, 0.717) is 6.54 Å². The first-order chi connectivity index (χ1) is 9.10. The second-order valence-corrected chi connectivity index (χ2v) is 5.87. The van der Waals surface area contributed by atoms with Crippen LogP contribution in [0, 0.1) is 12.8 Å². The van der Waals surface area contributed by atoms with Gasteiger partial charge >= 0.3 is 0 Å². The predicted molar refractivity (Wildman–Crippen MR) is 80.4 cm³/mol. The molecular weight excluding hydrogens is 236 g/mol. The zero-order chi connectivity index (χ0) is 13.8. The van der Waals surface area contributed by atoms with Crippen LogP contribution < -0.4 is 10.6 Å². The maximum atomic E-state index is 5.65. The molecule has 2 N–H and O–H groups in total. The SMILES string of the molecule is Cc1cc(CN)cnc1N1CCN(CC(C)C)CC1. The van der Waals surface area contributed by atoms with Crippen molar-refractivity contribution in [3.8, 4) is 0 Å². The number of piperazine rings is 1. The molecule has 1 saturated heterocycles. The standard InChI is InChI=1S/C15H26N4/c1-12(2)11-18-4-6-19(7-5-18)15-13(3)8-14(9-16)10-17-15/h8,10,12H,4-7,9,11,16H2,1-3H3. The number of aryl methyl sites for hydroxylation is 1. The molecule has 19 heavy (non-hydrogen) atoms. The van der Waals surface area contributed by atoms with E-state index in [4.69, 9.17) is 5.73 Å². The van der Waals surface area contributed by atoms with Crippen molar-refractivity contribution >= 4 is 5.82 Å². The molecule has 0 unspecified atom stereocenters. The molecule has 0 amide bonds. The minimum Gasteiger partial charge on any atom is -0.354 e. The van der Waals surface area contributed by atoms with Crippen LogP contribution >= 0.6 is 0 Å². The molecule has 0 aliphatic carbocycles. The third-order valence-corrected chi connectivity index (χ3v) is 3.64. The van der Waals surface area contributed by atoms with Crippen molar-refractivity contribution in [2.24, 2.45) is 11.7 Å². The van der Waals surface area contributed by atoms with Crippen LogP contribution in [0.5, 0.6) is 0 Å². The zero-order valence-corrected chi connectivity index (χ0v) is 12.4. The van der Waals surface area contributed by atoms with Gasteiger partial charge in [-0.15, -0.1) is 0 Å². The molecule has 2 heterocycles. The van der Waals surface area contributed by atoms with E-state index in [1.54, 1.807) is 0 Å². The molecule has 0 spiro atoms. The summed E-state index contributed by atoms with van der Waals surface area (Å²) in [6, 6.07) is 2.16. The Morgan fingerprint density at radius 2 is 1.95 bits per heavy atom. The van der Waals surface area contributed by atoms with Gasteiger partial charge in [0.2, 0.25) is 0 Å². The number of hydrogen-bond acceptors (Lipinski definition) is 4. The summed E-state index contributed by atoms with van der Waals surface area (Å²) in [4.78, 5) is 9.53. The van der Waals surface area contributed by atoms with Gasteiger partial charge in [0.15, 0.2) is 0 Å². The molecule has 1 aromatic rings. The lowest BCUT2D eigenvalue weighted by Crippen LogP contribution is -2.47. The molecule has 1 aliphatic rings. The van der Waals surface area contributed by atoms with Gasteiger partial charge in [0.1, 0.15) is 5.82 Å². The van der Waals surface area contributed by atoms with Crippen molar-refractivity contribution in [3.05, 3.63) is 23.4 Å². The monoisotopic (exact) mass is 262 g/mol. The molecule has 1 aliphatic heterocycles. The van der Waals surface area contributed by atoms with Gasteiger partial charge in [0.05, 0.1) is 0 Å². The largest absolute Gasteiger partial charge is 0.354 e. The fourth-order valence-corrected chi connectivity index (χ4v) is 2.73. The Labute approximate surface area is 116 Å². The summed E-state index contributed by atoms with van der Waals surface area (Å²) in [6.45, 7) is 12.9. The number of nitrogens with zero attached hydrogens (tertiary/aromatic N) is 3. The van der Waals surface area contributed by atoms with Crippen molar-refractivity contribution < 1.29 is 0 Å². The molecule has 4 nitrogen and oxygen atoms in total. The first kappa shape index (κ1) is 14.3. The molecule has 0 radical (unpaired) electrons. The van der Waals surface area contributed by atoms with Gasteiger partial charge in [-0.1, -0.05) is 13.8 Å². The van der Waals surface area contributed by atoms with Crippen LogP contribution in [0.3, 0.4) is 0 Å². The normalized spacial score (nSPS) is 17.2. The Kier molecular flexibility index (Phi) is 4.77. The van der Waals surface area contributed by atoms with Gasteiger partial charge < -0.3 is 10.6 Å². The minimum absolute atomic E-state index is 0.566. The lowest BCUT2D eigenvalue weighted by molar-refractivity contribution is 0.231. The first-order valence-corrected chi connectivity index (χ1v) is 7.23. The molecule has 0 bridgehead atoms. The summed E-state index contributed by atoms with van der Waals surface area (Å²) in [6.07, 6.45) is 1.91. The van der Waals surface area contributed by atoms with Crippen LogP contribution in [0.1, 0.15) is 25.0 Å². The highest BCUT2D eigenvalue weighted by atomic mass is 15.3. The fourth-order valence-electron chi connectivity index (χ4n) is 2.73. The number of pyridine rings is 1. The molecule has 2 rings (SSSR count). The van der Waals surface area contributed by atoms with E-state index in [2.05, 4.69) is 41.6 Å². The second kappa shape index (κ2) is 6.35. The van der Waals surface area contributed by atoms with E-state index in [0.717, 1.165) is 43.5 Å². The van der Waals surface area contributed by atoms with Gasteiger partial charge in [-0.3, -0.25) is 4.90 Å². The van der Waals surface area contributed by atoms with Gasteiger partial charge in [-0.2, -0.15) is 0 Å². The average Bonchev–Trinajstić information content (AvgIpc) is 2.39. The van der Waals surface area contributed by atoms with Crippen molar-refractivity contribution in [2.45, 2.75) is 27.3 Å². The number of anilines is 1. The first-order valence-electron chi connectivity index (χ1n) is 7.23. The van der Waals surface area contributed by atoms with Gasteiger partial charge in [-0.05, 0) is 30.0 Å². The Balaban J connectivity index is 1.97. The summed E-state index contributed by atoms with van der Waals surface area (Å²) in [5, 5.41) is 0. The Hall–Kier alpha value is -1.13. The zero-order valence-electron chi connectivity index (χ0n) is 12.4. The molecule has 0 aromatic carbocycles. The van der Waals surface area contributed by atoms with Crippen molar-refractivity contribution in [3.63, 3.8) is 0 Å². The summed E-state index contributed by atoms with van der Waals surface area (Å²) < 4.78 is 0. The summed E-state index contributed by atoms with van der Waals surface area (Å²) in [5.41, 5.74) is 8.00. The Bertz CT molecular complexity index is 409. The maximum absolute atomic E-state index is 5.65. The minimum atomic E-state index is 0.566. The highest BCUT2D eigenvalue weighted by molar-refractivity contribution is 5.47. The third-order valence-electron chi connectivity index (χ3n) is 3.64. The summed E-state index contributed by atoms with van der Waals surface area (Å²) >= 11 is 0. The third kappa shape index (κ3) is 3.67. The second-order valence-electron chi connectivity index (χ2n) is 5.87. The molecular formula is C15H26N4. The number of hydrogen-bond donors (Lipinski definition) is 1. The van der Waals surface area contributed by atoms with Crippen LogP contribution in [-0.4, -0.2) is 42.6 Å². The Morgan fingerprint density at radius 1 is 1.26 bits per heavy atom. The van der Waals surface area contributed by atoms with Crippen molar-refractivity contribution in [2.75, 3.05) is 37.6 Å². The smallest absolute Gasteiger partial charge is 0.131 e. The summed E-state index contributed by atoms with van der Waals surface area (Å²) in [5.74, 6) is 1.87. The van der Waals surface area contributed by atoms with E-state index in [9.17, 15) is 0 Å². The highest BCUT2D eigenvalue weighted by Crippen LogP contribution is 2.19. The van der Waals surface area contributed by atoms with Crippen LogP contribution in [-0.2, 0) is 6.54 Å². The predicted octanol–water partition coefficient (Wildman–Crippen LogP) is 1.63. The van der Waals surface area contributed by atoms with Crippen molar-refractivity contribution in [1.29, 1.82) is 0 Å². The van der Waals surface area contributed by atoms with E-state index in [-0.39, 0.29) is 0 Å². The highest BCUT2D eigenvalue weighted by Gasteiger charge is 2.19. The summed E-state index contributed by atoms with van der Waals surface area (Å²) in [7, 11) is 0. The van der Waals surface area contributed by atoms with Crippen LogP contribution in [0.25, 0.3) is 0 Å². The number of aromatic nitrogens is 1. The van der Waals surface area contributed by atoms with Gasteiger partial charge in [0.25, 0.3) is 0 Å². The van der Waals surface area contributed by atoms with E-state index < -0.39 is 0 Å². The van der Waals surface area contributed by atoms with Gasteiger partial charge in [-0.25, -0.2) is 4.98 Å². The number of nitrogens with two attached hydrogens (primary N) is 1. The quantitative estimate of drug-likeness (QED) is 0.896. The molecule has 1 aromatic heterocycles. The fraction of sp³-hybridized carbons (Fsp3) is 0.667. The van der Waals surface area contributed by atoms with Crippen LogP contribution in [0.2, 0.25) is 0 Å². The van der Waals surface area contributed by atoms with Crippen LogP contribution in [0.15, 0.2) is 12.3 Å². The molecule has 0 atom stereocenters. The van der Waals surface area contributed by atoms with E-state index in [1.807, 2.05) is 6.20 Å². The molecule has 106 valence electrons. The lowest BCUT2D eigenvalue weighted by atomic mass is 10.1. The average molecular weight is 262 g/mol. The number of rotatable bonds is 4. The molecule has 1 fully saturated rings. The maximum Gasteiger partial charge on any atom is 0.131 e. The Morgan fingerprint density at radius 3 is 2.47 bits per heavy atom.